The Morgan fingerprint density at radius 3 is 2.41 bits per heavy atom. The Hall–Kier alpha value is -2.48. The van der Waals surface area contributed by atoms with Gasteiger partial charge in [-0.1, -0.05) is 12.1 Å². The minimum atomic E-state index is -4.37. The van der Waals surface area contributed by atoms with Crippen LogP contribution in [0.3, 0.4) is 0 Å². The highest BCUT2D eigenvalue weighted by molar-refractivity contribution is 7.20. The molecule has 8 heteroatoms. The van der Waals surface area contributed by atoms with Crippen molar-refractivity contribution in [2.75, 3.05) is 7.05 Å². The maximum atomic E-state index is 13.0. The number of benzene rings is 1. The summed E-state index contributed by atoms with van der Waals surface area (Å²) in [5, 5.41) is 0.922. The molecule has 0 bridgehead atoms. The lowest BCUT2D eigenvalue weighted by atomic mass is 10.1. The van der Waals surface area contributed by atoms with E-state index in [2.05, 4.69) is 9.97 Å². The molecule has 2 aromatic heterocycles. The number of amides is 1. The van der Waals surface area contributed by atoms with Crippen molar-refractivity contribution in [3.63, 3.8) is 0 Å². The Labute approximate surface area is 170 Å². The molecule has 1 fully saturated rings. The first-order chi connectivity index (χ1) is 13.6. The summed E-state index contributed by atoms with van der Waals surface area (Å²) >= 11 is 1.36. The van der Waals surface area contributed by atoms with E-state index >= 15 is 0 Å². The minimum absolute atomic E-state index is 0.169. The molecule has 1 saturated carbocycles. The zero-order valence-electron chi connectivity index (χ0n) is 16.3. The van der Waals surface area contributed by atoms with Crippen LogP contribution >= 0.6 is 11.3 Å². The Balaban J connectivity index is 1.58. The van der Waals surface area contributed by atoms with Gasteiger partial charge in [0.2, 0.25) is 0 Å². The van der Waals surface area contributed by atoms with Crippen LogP contribution in [0.5, 0.6) is 0 Å². The van der Waals surface area contributed by atoms with Crippen LogP contribution in [0.25, 0.3) is 10.2 Å². The summed E-state index contributed by atoms with van der Waals surface area (Å²) in [5.41, 5.74) is 1.68. The normalized spacial score (nSPS) is 14.4. The van der Waals surface area contributed by atoms with Crippen molar-refractivity contribution in [2.24, 2.45) is 0 Å². The molecule has 2 heterocycles. The van der Waals surface area contributed by atoms with Crippen molar-refractivity contribution < 1.29 is 18.0 Å². The summed E-state index contributed by atoms with van der Waals surface area (Å²) in [4.78, 5) is 25.2. The Morgan fingerprint density at radius 1 is 1.17 bits per heavy atom. The lowest BCUT2D eigenvalue weighted by Crippen LogP contribution is -2.26. The first-order valence-corrected chi connectivity index (χ1v) is 10.2. The number of hydrogen-bond acceptors (Lipinski definition) is 4. The number of nitrogens with zero attached hydrogens (tertiary/aromatic N) is 3. The van der Waals surface area contributed by atoms with E-state index in [0.29, 0.717) is 16.4 Å². The van der Waals surface area contributed by atoms with E-state index in [9.17, 15) is 18.0 Å². The number of carbonyl (C=O) groups excluding carboxylic acids is 1. The molecule has 0 unspecified atom stereocenters. The van der Waals surface area contributed by atoms with Crippen LogP contribution in [0.4, 0.5) is 13.2 Å². The average molecular weight is 419 g/mol. The molecule has 0 spiro atoms. The molecule has 0 aliphatic heterocycles. The molecule has 4 nitrogen and oxygen atoms in total. The van der Waals surface area contributed by atoms with E-state index in [4.69, 9.17) is 0 Å². The Kier molecular flexibility index (Phi) is 4.85. The van der Waals surface area contributed by atoms with Crippen LogP contribution in [-0.2, 0) is 12.7 Å². The fourth-order valence-corrected chi connectivity index (χ4v) is 4.64. The third kappa shape index (κ3) is 3.85. The van der Waals surface area contributed by atoms with Crippen LogP contribution in [0, 0.1) is 13.8 Å². The zero-order valence-corrected chi connectivity index (χ0v) is 17.1. The molecule has 0 N–H and O–H groups in total. The molecule has 3 aromatic rings. The van der Waals surface area contributed by atoms with Gasteiger partial charge in [0.1, 0.15) is 10.7 Å². The predicted molar refractivity (Wildman–Crippen MR) is 106 cm³/mol. The summed E-state index contributed by atoms with van der Waals surface area (Å²) in [6.45, 7) is 4.06. The number of fused-ring (bicyclic) bond motifs is 1. The van der Waals surface area contributed by atoms with Crippen molar-refractivity contribution in [1.82, 2.24) is 14.9 Å². The van der Waals surface area contributed by atoms with Gasteiger partial charge >= 0.3 is 6.18 Å². The van der Waals surface area contributed by atoms with Crippen molar-refractivity contribution in [3.05, 3.63) is 57.4 Å². The predicted octanol–water partition coefficient (Wildman–Crippen LogP) is 5.48. The number of carbonyl (C=O) groups is 1. The molecule has 152 valence electrons. The quantitative estimate of drug-likeness (QED) is 0.563. The average Bonchev–Trinajstić information content (AvgIpc) is 3.45. The second-order valence-electron chi connectivity index (χ2n) is 7.53. The molecule has 1 aliphatic rings. The molecule has 0 atom stereocenters. The number of thiophene rings is 1. The van der Waals surface area contributed by atoms with E-state index in [0.717, 1.165) is 52.3 Å². The Morgan fingerprint density at radius 2 is 1.83 bits per heavy atom. The fraction of sp³-hybridized carbons (Fsp3) is 0.381. The van der Waals surface area contributed by atoms with Gasteiger partial charge in [-0.05, 0) is 49.9 Å². The van der Waals surface area contributed by atoms with Crippen LogP contribution in [0.15, 0.2) is 24.3 Å². The summed E-state index contributed by atoms with van der Waals surface area (Å²) < 4.78 is 38.2. The second-order valence-corrected chi connectivity index (χ2v) is 8.53. The van der Waals surface area contributed by atoms with Gasteiger partial charge in [-0.2, -0.15) is 13.2 Å². The second kappa shape index (κ2) is 7.09. The van der Waals surface area contributed by atoms with E-state index in [1.54, 1.807) is 7.05 Å². The first-order valence-electron chi connectivity index (χ1n) is 9.34. The molecular weight excluding hydrogens is 399 g/mol. The zero-order chi connectivity index (χ0) is 20.9. The molecular formula is C21H20F3N3OS. The lowest BCUT2D eigenvalue weighted by molar-refractivity contribution is -0.137. The summed E-state index contributed by atoms with van der Waals surface area (Å²) in [7, 11) is 1.65. The van der Waals surface area contributed by atoms with E-state index in [1.165, 1.54) is 28.4 Å². The number of alkyl halides is 3. The summed E-state index contributed by atoms with van der Waals surface area (Å²) in [5.74, 6) is 1.12. The van der Waals surface area contributed by atoms with Crippen LogP contribution in [0.1, 0.15) is 56.6 Å². The van der Waals surface area contributed by atoms with Gasteiger partial charge < -0.3 is 4.90 Å². The van der Waals surface area contributed by atoms with Crippen molar-refractivity contribution in [2.45, 2.75) is 45.3 Å². The number of aryl methyl sites for hydroxylation is 2. The Bertz CT molecular complexity index is 1090. The van der Waals surface area contributed by atoms with Gasteiger partial charge in [0.05, 0.1) is 16.1 Å². The van der Waals surface area contributed by atoms with Gasteiger partial charge in [-0.3, -0.25) is 4.79 Å². The highest BCUT2D eigenvalue weighted by Gasteiger charge is 2.30. The van der Waals surface area contributed by atoms with Crippen molar-refractivity contribution in [1.29, 1.82) is 0 Å². The monoisotopic (exact) mass is 419 g/mol. The van der Waals surface area contributed by atoms with Gasteiger partial charge in [0, 0.05) is 24.9 Å². The van der Waals surface area contributed by atoms with Gasteiger partial charge in [-0.25, -0.2) is 9.97 Å². The standard InChI is InChI=1S/C21H20F3N3OS/c1-11-16-12(2)25-18(14-6-7-14)26-19(16)29-17(11)20(28)27(3)10-13-4-8-15(9-5-13)21(22,23)24/h4-5,8-9,14H,6-7,10H2,1-3H3. The molecule has 1 aromatic carbocycles. The molecule has 0 saturated heterocycles. The van der Waals surface area contributed by atoms with Crippen LogP contribution in [0.2, 0.25) is 0 Å². The maximum absolute atomic E-state index is 13.0. The van der Waals surface area contributed by atoms with Gasteiger partial charge in [0.15, 0.2) is 0 Å². The first kappa shape index (κ1) is 19.8. The topological polar surface area (TPSA) is 46.1 Å². The minimum Gasteiger partial charge on any atom is -0.337 e. The number of rotatable bonds is 4. The third-order valence-electron chi connectivity index (χ3n) is 5.17. The van der Waals surface area contributed by atoms with E-state index < -0.39 is 11.7 Å². The van der Waals surface area contributed by atoms with Gasteiger partial charge in [0.25, 0.3) is 5.91 Å². The maximum Gasteiger partial charge on any atom is 0.416 e. The van der Waals surface area contributed by atoms with E-state index in [-0.39, 0.29) is 12.5 Å². The lowest BCUT2D eigenvalue weighted by Gasteiger charge is -2.17. The molecule has 0 radical (unpaired) electrons. The SMILES string of the molecule is Cc1nc(C2CC2)nc2sc(C(=O)N(C)Cc3ccc(C(F)(F)F)cc3)c(C)c12. The van der Waals surface area contributed by atoms with Gasteiger partial charge in [-0.15, -0.1) is 11.3 Å². The van der Waals surface area contributed by atoms with Crippen LogP contribution in [-0.4, -0.2) is 27.8 Å². The third-order valence-corrected chi connectivity index (χ3v) is 6.35. The smallest absolute Gasteiger partial charge is 0.337 e. The highest BCUT2D eigenvalue weighted by Crippen LogP contribution is 2.40. The molecule has 1 amide bonds. The summed E-state index contributed by atoms with van der Waals surface area (Å²) in [6.07, 6.45) is -2.15. The largest absolute Gasteiger partial charge is 0.416 e. The number of aromatic nitrogens is 2. The molecule has 4 rings (SSSR count). The molecule has 29 heavy (non-hydrogen) atoms. The summed E-state index contributed by atoms with van der Waals surface area (Å²) in [6, 6.07) is 4.89. The van der Waals surface area contributed by atoms with Crippen LogP contribution < -0.4 is 0 Å². The van der Waals surface area contributed by atoms with E-state index in [1.807, 2.05) is 13.8 Å². The number of halogens is 3. The molecule has 1 aliphatic carbocycles. The van der Waals surface area contributed by atoms with Crippen molar-refractivity contribution >= 4 is 27.5 Å². The van der Waals surface area contributed by atoms with Crippen molar-refractivity contribution in [3.8, 4) is 0 Å². The highest BCUT2D eigenvalue weighted by atomic mass is 32.1. The number of hydrogen-bond donors (Lipinski definition) is 0. The fourth-order valence-electron chi connectivity index (χ4n) is 3.41.